The average Bonchev–Trinajstić information content (AvgIpc) is 2.92. The minimum Gasteiger partial charge on any atom is -0.398 e. The fourth-order valence-electron chi connectivity index (χ4n) is 2.92. The van der Waals surface area contributed by atoms with E-state index in [0.29, 0.717) is 0 Å². The maximum atomic E-state index is 6.17. The van der Waals surface area contributed by atoms with Crippen LogP contribution in [0, 0.1) is 6.92 Å². The van der Waals surface area contributed by atoms with E-state index >= 15 is 0 Å². The van der Waals surface area contributed by atoms with Crippen LogP contribution in [-0.2, 0) is 9.31 Å². The van der Waals surface area contributed by atoms with Crippen LogP contribution < -0.4 is 5.46 Å². The van der Waals surface area contributed by atoms with Gasteiger partial charge in [-0.2, -0.15) is 0 Å². The monoisotopic (exact) mass is 341 g/mol. The molecule has 0 unspecified atom stereocenters. The van der Waals surface area contributed by atoms with Crippen LogP contribution in [-0.4, -0.2) is 18.2 Å². The molecule has 1 aliphatic carbocycles. The molecule has 2 aromatic rings. The average molecular weight is 342 g/mol. The molecule has 0 spiro atoms. The topological polar surface area (TPSA) is 31.4 Å². The smallest absolute Gasteiger partial charge is 0.398 e. The molecule has 4 rings (SSSR count). The Bertz CT molecular complexity index is 717. The third-order valence-electron chi connectivity index (χ3n) is 3.96. The number of pyridine rings is 1. The van der Waals surface area contributed by atoms with E-state index in [-0.39, 0.29) is 19.3 Å². The Morgan fingerprint density at radius 3 is 2.76 bits per heavy atom. The molecular weight excluding hydrogens is 329 g/mol. The first-order chi connectivity index (χ1) is 10.2. The quantitative estimate of drug-likeness (QED) is 0.747. The molecule has 3 nitrogen and oxygen atoms in total. The van der Waals surface area contributed by atoms with Gasteiger partial charge in [-0.05, 0) is 36.1 Å². The first-order valence-electron chi connectivity index (χ1n) is 6.92. The highest BCUT2D eigenvalue weighted by atomic mass is 79.9. The van der Waals surface area contributed by atoms with Gasteiger partial charge in [0.2, 0.25) is 0 Å². The molecule has 21 heavy (non-hydrogen) atoms. The molecule has 1 saturated heterocycles. The van der Waals surface area contributed by atoms with E-state index < -0.39 is 0 Å². The number of nitrogens with zero attached hydrogens (tertiary/aromatic N) is 1. The van der Waals surface area contributed by atoms with Gasteiger partial charge in [0.1, 0.15) is 0 Å². The van der Waals surface area contributed by atoms with E-state index in [1.807, 2.05) is 43.5 Å². The van der Waals surface area contributed by atoms with Crippen LogP contribution in [0.1, 0.15) is 22.9 Å². The first kappa shape index (κ1) is 13.3. The van der Waals surface area contributed by atoms with Gasteiger partial charge >= 0.3 is 7.12 Å². The second-order valence-corrected chi connectivity index (χ2v) is 6.21. The molecule has 2 aliphatic rings. The van der Waals surface area contributed by atoms with Crippen molar-refractivity contribution < 1.29 is 9.31 Å². The lowest BCUT2D eigenvalue weighted by Crippen LogP contribution is -2.32. The minimum absolute atomic E-state index is 0.0472. The third kappa shape index (κ3) is 2.25. The molecule has 0 N–H and O–H groups in total. The van der Waals surface area contributed by atoms with E-state index in [4.69, 9.17) is 9.31 Å². The van der Waals surface area contributed by atoms with Crippen LogP contribution in [0.3, 0.4) is 0 Å². The maximum Gasteiger partial charge on any atom is 0.494 e. The van der Waals surface area contributed by atoms with Crippen LogP contribution in [0.15, 0.2) is 47.1 Å². The molecule has 0 radical (unpaired) electrons. The maximum absolute atomic E-state index is 6.17. The summed E-state index contributed by atoms with van der Waals surface area (Å²) in [6.45, 7) is 2.02. The Hall–Kier alpha value is -1.43. The summed E-state index contributed by atoms with van der Waals surface area (Å²) in [7, 11) is -0.330. The second-order valence-electron chi connectivity index (χ2n) is 5.30. The van der Waals surface area contributed by atoms with Gasteiger partial charge in [-0.15, -0.1) is 0 Å². The van der Waals surface area contributed by atoms with Gasteiger partial charge in [0.05, 0.1) is 12.2 Å². The second kappa shape index (κ2) is 5.09. The predicted molar refractivity (Wildman–Crippen MR) is 86.2 cm³/mol. The van der Waals surface area contributed by atoms with Crippen LogP contribution >= 0.6 is 15.9 Å². The Balaban J connectivity index is 1.68. The number of benzene rings is 1. The SMILES string of the molecule is Cc1nccc2c1[C@H]1OB(c3ccc(Br)cc3)O[C@H]1C=C2. The Kier molecular flexibility index (Phi) is 3.21. The zero-order valence-electron chi connectivity index (χ0n) is 11.5. The lowest BCUT2D eigenvalue weighted by molar-refractivity contribution is 0.191. The van der Waals surface area contributed by atoms with Crippen molar-refractivity contribution in [2.75, 3.05) is 0 Å². The lowest BCUT2D eigenvalue weighted by Gasteiger charge is -2.23. The number of aryl methyl sites for hydroxylation is 1. The van der Waals surface area contributed by atoms with Gasteiger partial charge in [-0.1, -0.05) is 40.2 Å². The van der Waals surface area contributed by atoms with Crippen molar-refractivity contribution >= 4 is 34.6 Å². The standard InChI is InChI=1S/C16H13BBrNO2/c1-10-15-11(8-9-19-10)2-7-14-16(15)21-17(20-14)12-3-5-13(18)6-4-12/h2-9,14,16H,1H3/t14-,16-/m0/s1. The molecule has 1 fully saturated rings. The molecule has 1 aliphatic heterocycles. The van der Waals surface area contributed by atoms with Crippen molar-refractivity contribution in [3.05, 3.63) is 63.9 Å². The molecule has 104 valence electrons. The van der Waals surface area contributed by atoms with E-state index in [0.717, 1.165) is 21.2 Å². The van der Waals surface area contributed by atoms with Gasteiger partial charge in [-0.25, -0.2) is 0 Å². The fraction of sp³-hybridized carbons (Fsp3) is 0.188. The summed E-state index contributed by atoms with van der Waals surface area (Å²) in [5.41, 5.74) is 4.35. The third-order valence-corrected chi connectivity index (χ3v) is 4.49. The summed E-state index contributed by atoms with van der Waals surface area (Å²) < 4.78 is 13.3. The number of hydrogen-bond donors (Lipinski definition) is 0. The molecule has 0 saturated carbocycles. The highest BCUT2D eigenvalue weighted by Crippen LogP contribution is 2.38. The normalized spacial score (nSPS) is 23.0. The van der Waals surface area contributed by atoms with Gasteiger partial charge in [0.15, 0.2) is 0 Å². The largest absolute Gasteiger partial charge is 0.494 e. The van der Waals surface area contributed by atoms with Crippen molar-refractivity contribution in [2.24, 2.45) is 0 Å². The lowest BCUT2D eigenvalue weighted by atomic mass is 9.79. The van der Waals surface area contributed by atoms with Gasteiger partial charge in [0.25, 0.3) is 0 Å². The highest BCUT2D eigenvalue weighted by Gasteiger charge is 2.43. The van der Waals surface area contributed by atoms with Crippen LogP contribution in [0.2, 0.25) is 0 Å². The first-order valence-corrected chi connectivity index (χ1v) is 7.72. The van der Waals surface area contributed by atoms with Crippen LogP contribution in [0.25, 0.3) is 6.08 Å². The van der Waals surface area contributed by atoms with Crippen molar-refractivity contribution in [1.29, 1.82) is 0 Å². The number of hydrogen-bond acceptors (Lipinski definition) is 3. The van der Waals surface area contributed by atoms with Gasteiger partial charge in [-0.3, -0.25) is 4.98 Å². The van der Waals surface area contributed by atoms with Crippen molar-refractivity contribution in [3.8, 4) is 0 Å². The molecule has 2 atom stereocenters. The minimum atomic E-state index is -0.330. The Labute approximate surface area is 132 Å². The van der Waals surface area contributed by atoms with Gasteiger partial charge < -0.3 is 9.31 Å². The van der Waals surface area contributed by atoms with Crippen molar-refractivity contribution in [3.63, 3.8) is 0 Å². The number of fused-ring (bicyclic) bond motifs is 3. The zero-order chi connectivity index (χ0) is 14.4. The predicted octanol–water partition coefficient (Wildman–Crippen LogP) is 3.03. The molecule has 1 aromatic heterocycles. The van der Waals surface area contributed by atoms with Crippen LogP contribution in [0.4, 0.5) is 0 Å². The zero-order valence-corrected chi connectivity index (χ0v) is 13.1. The Morgan fingerprint density at radius 1 is 1.14 bits per heavy atom. The molecule has 1 aromatic carbocycles. The van der Waals surface area contributed by atoms with E-state index in [1.54, 1.807) is 0 Å². The summed E-state index contributed by atoms with van der Waals surface area (Å²) in [6, 6.07) is 10.1. The number of rotatable bonds is 1. The summed E-state index contributed by atoms with van der Waals surface area (Å²) in [5, 5.41) is 0. The summed E-state index contributed by atoms with van der Waals surface area (Å²) in [6.07, 6.45) is 5.88. The molecule has 2 heterocycles. The molecule has 0 bridgehead atoms. The molecule has 0 amide bonds. The summed E-state index contributed by atoms with van der Waals surface area (Å²) >= 11 is 3.44. The molecule has 5 heteroatoms. The fourth-order valence-corrected chi connectivity index (χ4v) is 3.19. The van der Waals surface area contributed by atoms with E-state index in [2.05, 4.69) is 33.1 Å². The summed E-state index contributed by atoms with van der Waals surface area (Å²) in [5.74, 6) is 0. The Morgan fingerprint density at radius 2 is 1.95 bits per heavy atom. The van der Waals surface area contributed by atoms with Crippen molar-refractivity contribution in [2.45, 2.75) is 19.1 Å². The van der Waals surface area contributed by atoms with E-state index in [9.17, 15) is 0 Å². The molecular formula is C16H13BBrNO2. The number of halogens is 1. The van der Waals surface area contributed by atoms with Crippen molar-refractivity contribution in [1.82, 2.24) is 4.98 Å². The van der Waals surface area contributed by atoms with Crippen LogP contribution in [0.5, 0.6) is 0 Å². The highest BCUT2D eigenvalue weighted by molar-refractivity contribution is 9.10. The summed E-state index contributed by atoms with van der Waals surface area (Å²) in [4.78, 5) is 4.39. The van der Waals surface area contributed by atoms with Gasteiger partial charge in [0, 0.05) is 21.9 Å². The number of aromatic nitrogens is 1. The van der Waals surface area contributed by atoms with E-state index in [1.165, 1.54) is 5.56 Å².